The summed E-state index contributed by atoms with van der Waals surface area (Å²) in [5.41, 5.74) is 6.02. The minimum atomic E-state index is -0.271. The van der Waals surface area contributed by atoms with Crippen LogP contribution in [0, 0.1) is 18.7 Å². The topological polar surface area (TPSA) is 80.4 Å². The van der Waals surface area contributed by atoms with Crippen LogP contribution in [0.1, 0.15) is 43.0 Å². The maximum Gasteiger partial charge on any atom is 0.145 e. The van der Waals surface area contributed by atoms with Crippen LogP contribution in [-0.4, -0.2) is 105 Å². The van der Waals surface area contributed by atoms with Crippen molar-refractivity contribution in [2.24, 2.45) is 13.0 Å². The number of aryl methyl sites for hydroxylation is 2. The van der Waals surface area contributed by atoms with E-state index in [1.54, 1.807) is 16.8 Å². The van der Waals surface area contributed by atoms with Gasteiger partial charge < -0.3 is 19.1 Å². The molecule has 10 nitrogen and oxygen atoms in total. The molecule has 0 saturated carbocycles. The number of likely N-dealkylation sites (tertiary alicyclic amines) is 1. The van der Waals surface area contributed by atoms with E-state index < -0.39 is 0 Å². The Labute approximate surface area is 275 Å². The van der Waals surface area contributed by atoms with Crippen molar-refractivity contribution in [2.75, 3.05) is 64.4 Å². The first-order valence-corrected chi connectivity index (χ1v) is 17.1. The zero-order valence-corrected chi connectivity index (χ0v) is 27.6. The van der Waals surface area contributed by atoms with E-state index >= 15 is 4.39 Å². The average Bonchev–Trinajstić information content (AvgIpc) is 3.61. The molecule has 3 aliphatic rings. The fraction of sp³-hybridized carbons (Fsp3) is 0.500. The molecule has 0 amide bonds. The van der Waals surface area contributed by atoms with E-state index in [9.17, 15) is 0 Å². The van der Waals surface area contributed by atoms with E-state index in [1.165, 1.54) is 25.9 Å². The summed E-state index contributed by atoms with van der Waals surface area (Å²) in [5, 5.41) is 9.53. The number of piperidine rings is 1. The van der Waals surface area contributed by atoms with Gasteiger partial charge in [0.15, 0.2) is 0 Å². The number of aromatic nitrogens is 6. The Morgan fingerprint density at radius 2 is 1.68 bits per heavy atom. The van der Waals surface area contributed by atoms with Gasteiger partial charge in [0.05, 0.1) is 28.5 Å². The number of nitrogens with zero attached hydrogens (tertiary/aromatic N) is 9. The number of piperazine rings is 1. The second-order valence-corrected chi connectivity index (χ2v) is 13.6. The summed E-state index contributed by atoms with van der Waals surface area (Å²) in [6, 6.07) is 14.1. The van der Waals surface area contributed by atoms with Crippen molar-refractivity contribution in [3.63, 3.8) is 0 Å². The molecule has 3 aliphatic heterocycles. The van der Waals surface area contributed by atoms with Gasteiger partial charge in [0.1, 0.15) is 17.3 Å². The second-order valence-electron chi connectivity index (χ2n) is 13.6. The van der Waals surface area contributed by atoms with E-state index in [2.05, 4.69) is 54.8 Å². The highest BCUT2D eigenvalue weighted by molar-refractivity contribution is 6.05. The zero-order chi connectivity index (χ0) is 32.1. The van der Waals surface area contributed by atoms with Gasteiger partial charge >= 0.3 is 0 Å². The third-order valence-corrected chi connectivity index (χ3v) is 10.8. The number of pyridine rings is 2. The molecule has 4 aromatic heterocycles. The highest BCUT2D eigenvalue weighted by Crippen LogP contribution is 2.42. The van der Waals surface area contributed by atoms with Gasteiger partial charge in [-0.15, -0.1) is 5.10 Å². The van der Waals surface area contributed by atoms with Crippen LogP contribution in [-0.2, 0) is 11.8 Å². The van der Waals surface area contributed by atoms with Crippen molar-refractivity contribution >= 4 is 27.9 Å². The van der Waals surface area contributed by atoms with Gasteiger partial charge in [-0.25, -0.2) is 14.1 Å². The molecular formula is C36H44FN9O. The van der Waals surface area contributed by atoms with Crippen molar-refractivity contribution in [2.45, 2.75) is 44.7 Å². The highest BCUT2D eigenvalue weighted by atomic mass is 19.1. The largest absolute Gasteiger partial charge is 0.381 e. The lowest BCUT2D eigenvalue weighted by molar-refractivity contribution is 0.0548. The minimum Gasteiger partial charge on any atom is -0.381 e. The number of halogens is 1. The number of benzene rings is 1. The molecule has 0 bridgehead atoms. The van der Waals surface area contributed by atoms with Gasteiger partial charge in [-0.3, -0.25) is 9.88 Å². The Bertz CT molecular complexity index is 1860. The van der Waals surface area contributed by atoms with Gasteiger partial charge in [-0.1, -0.05) is 23.4 Å². The average molecular weight is 638 g/mol. The summed E-state index contributed by atoms with van der Waals surface area (Å²) in [6.07, 6.45) is 6.08. The predicted octanol–water partition coefficient (Wildman–Crippen LogP) is 5.06. The maximum atomic E-state index is 15.9. The van der Waals surface area contributed by atoms with Gasteiger partial charge in [-0.05, 0) is 82.9 Å². The van der Waals surface area contributed by atoms with E-state index in [1.807, 2.05) is 32.3 Å². The third kappa shape index (κ3) is 5.58. The van der Waals surface area contributed by atoms with Crippen molar-refractivity contribution in [1.29, 1.82) is 0 Å². The lowest BCUT2D eigenvalue weighted by Gasteiger charge is -2.42. The summed E-state index contributed by atoms with van der Waals surface area (Å²) in [7, 11) is 4.13. The molecule has 8 rings (SSSR count). The first kappa shape index (κ1) is 30.4. The highest BCUT2D eigenvalue weighted by Gasteiger charge is 2.33. The lowest BCUT2D eigenvalue weighted by Crippen LogP contribution is -2.53. The van der Waals surface area contributed by atoms with Crippen LogP contribution in [0.2, 0.25) is 0 Å². The van der Waals surface area contributed by atoms with E-state index in [0.717, 1.165) is 83.9 Å². The molecule has 0 unspecified atom stereocenters. The van der Waals surface area contributed by atoms with E-state index in [4.69, 9.17) is 14.7 Å². The number of fused-ring (bicyclic) bond motifs is 3. The molecule has 1 atom stereocenters. The molecule has 47 heavy (non-hydrogen) atoms. The maximum absolute atomic E-state index is 15.9. The number of rotatable bonds is 6. The SMILES string of the molecule is Cc1nnn(C)c1-c1cnc2c3ccc(N4CCN(C5CCN(C)CC5)CC4)nc3n([C@H](c3ccccc3F)C3CCOCC3)c2c1. The van der Waals surface area contributed by atoms with E-state index in [-0.39, 0.29) is 17.8 Å². The molecule has 0 N–H and O–H groups in total. The Hall–Kier alpha value is -3.93. The number of anilines is 1. The van der Waals surface area contributed by atoms with Crippen LogP contribution in [0.5, 0.6) is 0 Å². The molecule has 1 aromatic carbocycles. The van der Waals surface area contributed by atoms with Gasteiger partial charge in [0.25, 0.3) is 0 Å². The van der Waals surface area contributed by atoms with Crippen molar-refractivity contribution in [3.05, 3.63) is 65.7 Å². The molecule has 11 heteroatoms. The fourth-order valence-electron chi connectivity index (χ4n) is 8.24. The fourth-order valence-corrected chi connectivity index (χ4v) is 8.24. The molecule has 7 heterocycles. The van der Waals surface area contributed by atoms with Gasteiger partial charge in [0, 0.05) is 75.2 Å². The quantitative estimate of drug-likeness (QED) is 0.256. The molecule has 0 aliphatic carbocycles. The summed E-state index contributed by atoms with van der Waals surface area (Å²) >= 11 is 0. The summed E-state index contributed by atoms with van der Waals surface area (Å²) in [5.74, 6) is 0.943. The predicted molar refractivity (Wildman–Crippen MR) is 182 cm³/mol. The smallest absolute Gasteiger partial charge is 0.145 e. The zero-order valence-electron chi connectivity index (χ0n) is 27.6. The Balaban J connectivity index is 1.25. The number of hydrogen-bond acceptors (Lipinski definition) is 8. The minimum absolute atomic E-state index is 0.173. The standard InChI is InChI=1S/C36H44FN9O/c1-24-34(43(3)41-40-24)26-22-31-33(38-23-26)29-8-9-32(45-18-16-44(17-19-45)27-10-14-42(2)15-11-27)39-36(29)46(31)35(25-12-20-47-21-13-25)28-6-4-5-7-30(28)37/h4-9,22-23,25,27,35H,10-21H2,1-3H3/t35-/m0/s1. The van der Waals surface area contributed by atoms with Crippen LogP contribution in [0.25, 0.3) is 33.3 Å². The Kier molecular flexibility index (Phi) is 8.15. The Morgan fingerprint density at radius 3 is 2.40 bits per heavy atom. The van der Waals surface area contributed by atoms with Crippen LogP contribution in [0.4, 0.5) is 10.2 Å². The second kappa shape index (κ2) is 12.6. The van der Waals surface area contributed by atoms with Gasteiger partial charge in [-0.2, -0.15) is 0 Å². The van der Waals surface area contributed by atoms with E-state index in [0.29, 0.717) is 24.8 Å². The third-order valence-electron chi connectivity index (χ3n) is 10.8. The molecule has 0 radical (unpaired) electrons. The first-order chi connectivity index (χ1) is 23.0. The Morgan fingerprint density at radius 1 is 0.915 bits per heavy atom. The molecule has 3 saturated heterocycles. The van der Waals surface area contributed by atoms with Crippen molar-refractivity contribution < 1.29 is 9.13 Å². The summed E-state index contributed by atoms with van der Waals surface area (Å²) in [6.45, 7) is 9.61. The van der Waals surface area contributed by atoms with Crippen LogP contribution >= 0.6 is 0 Å². The summed E-state index contributed by atoms with van der Waals surface area (Å²) < 4.78 is 25.7. The van der Waals surface area contributed by atoms with Gasteiger partial charge in [0.2, 0.25) is 0 Å². The van der Waals surface area contributed by atoms with Crippen LogP contribution < -0.4 is 4.90 Å². The lowest BCUT2D eigenvalue weighted by atomic mass is 9.86. The molecule has 5 aromatic rings. The monoisotopic (exact) mass is 637 g/mol. The number of ether oxygens (including phenoxy) is 1. The van der Waals surface area contributed by atoms with Crippen LogP contribution in [0.15, 0.2) is 48.7 Å². The number of hydrogen-bond donors (Lipinski definition) is 0. The summed E-state index contributed by atoms with van der Waals surface area (Å²) in [4.78, 5) is 18.0. The molecule has 0 spiro atoms. The molecule has 3 fully saturated rings. The first-order valence-electron chi connectivity index (χ1n) is 17.1. The van der Waals surface area contributed by atoms with Crippen molar-refractivity contribution in [1.82, 2.24) is 39.3 Å². The molecular weight excluding hydrogens is 593 g/mol. The van der Waals surface area contributed by atoms with Crippen molar-refractivity contribution in [3.8, 4) is 11.3 Å². The normalized spacial score (nSPS) is 20.0. The molecule has 246 valence electrons. The van der Waals surface area contributed by atoms with Crippen LogP contribution in [0.3, 0.4) is 0 Å².